The van der Waals surface area contributed by atoms with Crippen molar-refractivity contribution < 1.29 is 13.2 Å². The van der Waals surface area contributed by atoms with Crippen LogP contribution in [0.3, 0.4) is 0 Å². The molecule has 0 atom stereocenters. The minimum absolute atomic E-state index is 0.0330. The fourth-order valence-corrected chi connectivity index (χ4v) is 4.16. The molecule has 0 amide bonds. The number of carbonyl (C=O) groups excluding carboxylic acids is 1. The number of Topliss-reactive ketones (excluding diaryl/α,β-unsaturated/α-hetero) is 1. The Kier molecular flexibility index (Phi) is 6.36. The van der Waals surface area contributed by atoms with Gasteiger partial charge in [-0.05, 0) is 37.5 Å². The van der Waals surface area contributed by atoms with E-state index in [1.54, 1.807) is 0 Å². The third kappa shape index (κ3) is 5.38. The first-order chi connectivity index (χ1) is 11.7. The van der Waals surface area contributed by atoms with E-state index in [9.17, 15) is 13.2 Å². The van der Waals surface area contributed by atoms with E-state index in [2.05, 4.69) is 4.72 Å². The van der Waals surface area contributed by atoms with Crippen LogP contribution in [0.4, 0.5) is 0 Å². The maximum absolute atomic E-state index is 12.0. The van der Waals surface area contributed by atoms with Crippen LogP contribution >= 0.6 is 0 Å². The lowest BCUT2D eigenvalue weighted by Crippen LogP contribution is -2.32. The lowest BCUT2D eigenvalue weighted by atomic mass is 9.96. The Bertz CT molecular complexity index is 832. The molecule has 5 heteroatoms. The molecule has 1 N–H and O–H groups in total. The molecule has 1 aliphatic rings. The van der Waals surface area contributed by atoms with Crippen molar-refractivity contribution in [2.24, 2.45) is 5.92 Å². The number of carbonyl (C=O) groups is 1. The monoisotopic (exact) mass is 361 g/mol. The van der Waals surface area contributed by atoms with Crippen molar-refractivity contribution in [2.75, 3.05) is 0 Å². The third-order valence-electron chi connectivity index (χ3n) is 3.94. The lowest BCUT2D eigenvalue weighted by molar-refractivity contribution is 0.0941. The Morgan fingerprint density at radius 2 is 1.60 bits per heavy atom. The Morgan fingerprint density at radius 1 is 1.00 bits per heavy atom. The van der Waals surface area contributed by atoms with Crippen molar-refractivity contribution in [1.82, 2.24) is 4.72 Å². The van der Waals surface area contributed by atoms with Crippen LogP contribution in [0.5, 0.6) is 0 Å². The minimum atomic E-state index is -2.94. The van der Waals surface area contributed by atoms with Crippen molar-refractivity contribution in [3.8, 4) is 0 Å². The molecule has 0 bridgehead atoms. The number of sulfonamides is 1. The second-order valence-electron chi connectivity index (χ2n) is 7.06. The average molecular weight is 362 g/mol. The van der Waals surface area contributed by atoms with Crippen LogP contribution in [-0.4, -0.2) is 25.5 Å². The Balaban J connectivity index is 0.000000196. The van der Waals surface area contributed by atoms with Gasteiger partial charge in [0.05, 0.1) is 5.25 Å². The number of fused-ring (bicyclic) bond motifs is 1. The third-order valence-corrected chi connectivity index (χ3v) is 6.09. The Hall–Kier alpha value is -1.72. The van der Waals surface area contributed by atoms with Crippen LogP contribution in [0, 0.1) is 5.92 Å². The fourth-order valence-electron chi connectivity index (χ4n) is 2.55. The number of hydrogen-bond acceptors (Lipinski definition) is 3. The highest BCUT2D eigenvalue weighted by Crippen LogP contribution is 2.27. The zero-order valence-electron chi connectivity index (χ0n) is 15.3. The molecule has 136 valence electrons. The molecule has 1 saturated carbocycles. The minimum Gasteiger partial charge on any atom is -0.294 e. The summed E-state index contributed by atoms with van der Waals surface area (Å²) >= 11 is 0. The molecule has 0 saturated heterocycles. The van der Waals surface area contributed by atoms with E-state index in [0.29, 0.717) is 0 Å². The van der Waals surface area contributed by atoms with Gasteiger partial charge in [0, 0.05) is 17.5 Å². The van der Waals surface area contributed by atoms with Gasteiger partial charge in [-0.2, -0.15) is 0 Å². The van der Waals surface area contributed by atoms with Crippen LogP contribution in [0.2, 0.25) is 0 Å². The van der Waals surface area contributed by atoms with Gasteiger partial charge in [-0.15, -0.1) is 0 Å². The molecular weight excluding hydrogens is 334 g/mol. The second kappa shape index (κ2) is 8.11. The fraction of sp³-hybridized carbons (Fsp3) is 0.450. The van der Waals surface area contributed by atoms with Gasteiger partial charge in [0.15, 0.2) is 5.78 Å². The van der Waals surface area contributed by atoms with Crippen LogP contribution in [-0.2, 0) is 10.0 Å². The summed E-state index contributed by atoms with van der Waals surface area (Å²) in [5, 5.41) is 2.09. The summed E-state index contributed by atoms with van der Waals surface area (Å²) in [6.45, 7) is 7.54. The van der Waals surface area contributed by atoms with Crippen LogP contribution in [0.1, 0.15) is 50.9 Å². The number of nitrogens with one attached hydrogen (secondary N) is 1. The van der Waals surface area contributed by atoms with Crippen LogP contribution in [0.25, 0.3) is 10.8 Å². The van der Waals surface area contributed by atoms with Gasteiger partial charge < -0.3 is 0 Å². The lowest BCUT2D eigenvalue weighted by Gasteiger charge is -2.07. The molecule has 1 aliphatic carbocycles. The molecule has 0 aliphatic heterocycles. The maximum atomic E-state index is 12.0. The Morgan fingerprint density at radius 3 is 2.16 bits per heavy atom. The van der Waals surface area contributed by atoms with Gasteiger partial charge in [-0.1, -0.05) is 56.3 Å². The predicted octanol–water partition coefficient (Wildman–Crippen LogP) is 4.16. The normalized spacial score (nSPS) is 14.5. The van der Waals surface area contributed by atoms with Crippen molar-refractivity contribution in [3.05, 3.63) is 48.0 Å². The molecule has 0 aromatic heterocycles. The summed E-state index contributed by atoms with van der Waals surface area (Å²) < 4.78 is 24.7. The summed E-state index contributed by atoms with van der Waals surface area (Å²) in [6, 6.07) is 13.9. The maximum Gasteiger partial charge on any atom is 0.214 e. The van der Waals surface area contributed by atoms with Crippen molar-refractivity contribution >= 4 is 26.6 Å². The highest BCUT2D eigenvalue weighted by Gasteiger charge is 2.35. The molecule has 4 nitrogen and oxygen atoms in total. The van der Waals surface area contributed by atoms with E-state index >= 15 is 0 Å². The molecule has 1 fully saturated rings. The molecule has 0 heterocycles. The number of rotatable bonds is 5. The highest BCUT2D eigenvalue weighted by molar-refractivity contribution is 7.90. The quantitative estimate of drug-likeness (QED) is 0.814. The molecule has 3 rings (SSSR count). The topological polar surface area (TPSA) is 63.2 Å². The Labute approximate surface area is 150 Å². The highest BCUT2D eigenvalue weighted by atomic mass is 32.2. The van der Waals surface area contributed by atoms with E-state index in [0.717, 1.165) is 29.2 Å². The van der Waals surface area contributed by atoms with Gasteiger partial charge in [0.2, 0.25) is 10.0 Å². The molecule has 2 aromatic rings. The van der Waals surface area contributed by atoms with Gasteiger partial charge in [0.25, 0.3) is 0 Å². The van der Waals surface area contributed by atoms with E-state index in [-0.39, 0.29) is 23.0 Å². The van der Waals surface area contributed by atoms with Crippen LogP contribution in [0.15, 0.2) is 42.5 Å². The summed E-state index contributed by atoms with van der Waals surface area (Å²) in [5.74, 6) is 0.266. The standard InChI is InChI=1S/C14H14O.C6H13NO2S/c1-10(2)14(15)13-9-5-7-11-6-3-4-8-12(11)13;1-5(2)7-10(8,9)6-3-4-6/h3-10H,1-2H3;5-7H,3-4H2,1-2H3. The number of benzene rings is 2. The molecule has 0 radical (unpaired) electrons. The smallest absolute Gasteiger partial charge is 0.214 e. The zero-order chi connectivity index (χ0) is 18.6. The van der Waals surface area contributed by atoms with E-state index in [1.807, 2.05) is 70.2 Å². The summed E-state index contributed by atoms with van der Waals surface area (Å²) in [6.07, 6.45) is 1.67. The van der Waals surface area contributed by atoms with Crippen LogP contribution < -0.4 is 4.72 Å². The van der Waals surface area contributed by atoms with Crippen molar-refractivity contribution in [3.63, 3.8) is 0 Å². The SMILES string of the molecule is CC(C)C(=O)c1cccc2ccccc12.CC(C)NS(=O)(=O)C1CC1. The second-order valence-corrected chi connectivity index (χ2v) is 9.05. The van der Waals surface area contributed by atoms with E-state index < -0.39 is 10.0 Å². The zero-order valence-corrected chi connectivity index (χ0v) is 16.1. The molecule has 25 heavy (non-hydrogen) atoms. The first-order valence-corrected chi connectivity index (χ1v) is 10.3. The number of hydrogen-bond donors (Lipinski definition) is 1. The van der Waals surface area contributed by atoms with Gasteiger partial charge in [0.1, 0.15) is 0 Å². The summed E-state index contributed by atoms with van der Waals surface area (Å²) in [4.78, 5) is 12.0. The number of ketones is 1. The van der Waals surface area contributed by atoms with Gasteiger partial charge in [-0.3, -0.25) is 4.79 Å². The first kappa shape index (κ1) is 19.6. The first-order valence-electron chi connectivity index (χ1n) is 8.75. The molecular formula is C20H27NO3S. The predicted molar refractivity (Wildman–Crippen MR) is 103 cm³/mol. The van der Waals surface area contributed by atoms with Gasteiger partial charge >= 0.3 is 0 Å². The summed E-state index contributed by atoms with van der Waals surface area (Å²) in [7, 11) is -2.94. The van der Waals surface area contributed by atoms with Crippen molar-refractivity contribution in [2.45, 2.75) is 51.8 Å². The average Bonchev–Trinajstić information content (AvgIpc) is 3.38. The molecule has 0 unspecified atom stereocenters. The molecule has 2 aromatic carbocycles. The van der Waals surface area contributed by atoms with Crippen molar-refractivity contribution in [1.29, 1.82) is 0 Å². The molecule has 0 spiro atoms. The van der Waals surface area contributed by atoms with Gasteiger partial charge in [-0.25, -0.2) is 13.1 Å². The van der Waals surface area contributed by atoms with E-state index in [1.165, 1.54) is 0 Å². The van der Waals surface area contributed by atoms with E-state index in [4.69, 9.17) is 0 Å². The largest absolute Gasteiger partial charge is 0.294 e. The summed E-state index contributed by atoms with van der Waals surface area (Å²) in [5.41, 5.74) is 0.836.